The third-order valence-electron chi connectivity index (χ3n) is 4.96. The zero-order valence-electron chi connectivity index (χ0n) is 16.4. The van der Waals surface area contributed by atoms with Gasteiger partial charge in [0.1, 0.15) is 0 Å². The molecule has 0 radical (unpaired) electrons. The van der Waals surface area contributed by atoms with Gasteiger partial charge in [0.15, 0.2) is 0 Å². The smallest absolute Gasteiger partial charge is 0.240 e. The summed E-state index contributed by atoms with van der Waals surface area (Å²) < 4.78 is 27.1. The summed E-state index contributed by atoms with van der Waals surface area (Å²) in [7, 11) is -3.58. The number of piperazine rings is 1. The van der Waals surface area contributed by atoms with Crippen LogP contribution >= 0.6 is 0 Å². The van der Waals surface area contributed by atoms with Gasteiger partial charge in [-0.15, -0.1) is 0 Å². The lowest BCUT2D eigenvalue weighted by Crippen LogP contribution is -2.49. The largest absolute Gasteiger partial charge is 0.368 e. The van der Waals surface area contributed by atoms with Gasteiger partial charge in [-0.05, 0) is 43.7 Å². The van der Waals surface area contributed by atoms with Gasteiger partial charge in [-0.2, -0.15) is 0 Å². The maximum absolute atomic E-state index is 12.4. The number of aryl methyl sites for hydroxylation is 2. The molecular formula is C21H27N3O3S. The first-order chi connectivity index (χ1) is 13.3. The third-order valence-corrected chi connectivity index (χ3v) is 6.44. The second kappa shape index (κ2) is 8.75. The molecule has 0 spiro atoms. The van der Waals surface area contributed by atoms with E-state index >= 15 is 0 Å². The molecule has 2 aromatic carbocycles. The number of carbonyl (C=O) groups excluding carboxylic acids is 1. The van der Waals surface area contributed by atoms with Crippen molar-refractivity contribution in [1.29, 1.82) is 0 Å². The zero-order valence-corrected chi connectivity index (χ0v) is 17.2. The summed E-state index contributed by atoms with van der Waals surface area (Å²) in [5.41, 5.74) is 3.40. The molecule has 28 heavy (non-hydrogen) atoms. The molecular weight excluding hydrogens is 374 g/mol. The lowest BCUT2D eigenvalue weighted by atomic mass is 10.2. The van der Waals surface area contributed by atoms with Gasteiger partial charge in [0.05, 0.1) is 4.90 Å². The Balaban J connectivity index is 1.46. The lowest BCUT2D eigenvalue weighted by Gasteiger charge is -2.36. The molecule has 0 unspecified atom stereocenters. The van der Waals surface area contributed by atoms with Crippen molar-refractivity contribution in [3.63, 3.8) is 0 Å². The fourth-order valence-corrected chi connectivity index (χ4v) is 4.32. The summed E-state index contributed by atoms with van der Waals surface area (Å²) in [6.07, 6.45) is 0.162. The van der Waals surface area contributed by atoms with Crippen molar-refractivity contribution in [3.05, 3.63) is 59.7 Å². The van der Waals surface area contributed by atoms with Crippen molar-refractivity contribution in [2.24, 2.45) is 0 Å². The number of nitrogens with zero attached hydrogens (tertiary/aromatic N) is 2. The number of carbonyl (C=O) groups is 1. The van der Waals surface area contributed by atoms with Crippen molar-refractivity contribution < 1.29 is 13.2 Å². The lowest BCUT2D eigenvalue weighted by molar-refractivity contribution is -0.131. The predicted molar refractivity (Wildman–Crippen MR) is 111 cm³/mol. The minimum Gasteiger partial charge on any atom is -0.368 e. The van der Waals surface area contributed by atoms with Crippen LogP contribution in [-0.4, -0.2) is 51.9 Å². The molecule has 0 atom stereocenters. The number of hydrogen-bond acceptors (Lipinski definition) is 4. The number of benzene rings is 2. The Morgan fingerprint density at radius 1 is 0.964 bits per heavy atom. The Bertz CT molecular complexity index is 918. The molecule has 0 aliphatic carbocycles. The van der Waals surface area contributed by atoms with Gasteiger partial charge in [-0.3, -0.25) is 4.79 Å². The van der Waals surface area contributed by atoms with Crippen LogP contribution in [0.1, 0.15) is 17.5 Å². The number of rotatable bonds is 6. The van der Waals surface area contributed by atoms with Crippen LogP contribution in [0.25, 0.3) is 0 Å². The summed E-state index contributed by atoms with van der Waals surface area (Å²) >= 11 is 0. The number of anilines is 1. The van der Waals surface area contributed by atoms with E-state index < -0.39 is 10.0 Å². The Kier molecular flexibility index (Phi) is 6.36. The second-order valence-corrected chi connectivity index (χ2v) is 8.93. The van der Waals surface area contributed by atoms with Gasteiger partial charge in [-0.1, -0.05) is 29.8 Å². The molecule has 7 heteroatoms. The van der Waals surface area contributed by atoms with Crippen LogP contribution < -0.4 is 9.62 Å². The maximum atomic E-state index is 12.4. The number of nitrogens with one attached hydrogen (secondary N) is 1. The summed E-state index contributed by atoms with van der Waals surface area (Å²) in [5.74, 6) is -0.0181. The molecule has 0 aromatic heterocycles. The molecule has 0 bridgehead atoms. The molecule has 0 saturated carbocycles. The minimum absolute atomic E-state index is 0.0181. The first kappa shape index (κ1) is 20.4. The van der Waals surface area contributed by atoms with Crippen LogP contribution in [-0.2, 0) is 14.8 Å². The van der Waals surface area contributed by atoms with E-state index in [1.165, 1.54) is 11.3 Å². The fraction of sp³-hybridized carbons (Fsp3) is 0.381. The SMILES string of the molecule is Cc1ccc(S(=O)(=O)NCCC(=O)N2CCN(c3cccc(C)c3)CC2)cc1. The highest BCUT2D eigenvalue weighted by atomic mass is 32.2. The van der Waals surface area contributed by atoms with E-state index in [9.17, 15) is 13.2 Å². The van der Waals surface area contributed by atoms with Crippen molar-refractivity contribution >= 4 is 21.6 Å². The normalized spacial score (nSPS) is 14.9. The Morgan fingerprint density at radius 3 is 2.29 bits per heavy atom. The number of sulfonamides is 1. The van der Waals surface area contributed by atoms with Gasteiger partial charge >= 0.3 is 0 Å². The molecule has 1 fully saturated rings. The van der Waals surface area contributed by atoms with Gasteiger partial charge < -0.3 is 9.80 Å². The highest BCUT2D eigenvalue weighted by molar-refractivity contribution is 7.89. The van der Waals surface area contributed by atoms with E-state index in [0.717, 1.165) is 18.7 Å². The fourth-order valence-electron chi connectivity index (χ4n) is 3.29. The molecule has 1 saturated heterocycles. The highest BCUT2D eigenvalue weighted by Crippen LogP contribution is 2.18. The van der Waals surface area contributed by atoms with Crippen molar-refractivity contribution in [2.75, 3.05) is 37.6 Å². The molecule has 2 aromatic rings. The molecule has 1 aliphatic heterocycles. The quantitative estimate of drug-likeness (QED) is 0.807. The molecule has 1 N–H and O–H groups in total. The Morgan fingerprint density at radius 2 is 1.64 bits per heavy atom. The molecule has 150 valence electrons. The molecule has 1 aliphatic rings. The molecule has 6 nitrogen and oxygen atoms in total. The average Bonchev–Trinajstić information content (AvgIpc) is 2.68. The third kappa shape index (κ3) is 5.11. The van der Waals surface area contributed by atoms with Crippen LogP contribution in [0.15, 0.2) is 53.4 Å². The molecule has 1 amide bonds. The first-order valence-electron chi connectivity index (χ1n) is 9.51. The minimum atomic E-state index is -3.58. The molecule has 3 rings (SSSR count). The van der Waals surface area contributed by atoms with E-state index in [1.807, 2.05) is 17.9 Å². The summed E-state index contributed by atoms with van der Waals surface area (Å²) in [6.45, 7) is 6.94. The standard InChI is InChI=1S/C21H27N3O3S/c1-17-6-8-20(9-7-17)28(26,27)22-11-10-21(25)24-14-12-23(13-15-24)19-5-3-4-18(2)16-19/h3-9,16,22H,10-15H2,1-2H3. The summed E-state index contributed by atoms with van der Waals surface area (Å²) in [6, 6.07) is 15.0. The van der Waals surface area contributed by atoms with Gasteiger partial charge in [0, 0.05) is 44.8 Å². The zero-order chi connectivity index (χ0) is 20.1. The van der Waals surface area contributed by atoms with Crippen molar-refractivity contribution in [3.8, 4) is 0 Å². The summed E-state index contributed by atoms with van der Waals surface area (Å²) in [5, 5.41) is 0. The predicted octanol–water partition coefficient (Wildman–Crippen LogP) is 2.32. The van der Waals surface area contributed by atoms with Crippen LogP contribution in [0.2, 0.25) is 0 Å². The van der Waals surface area contributed by atoms with E-state index in [1.54, 1.807) is 24.3 Å². The van der Waals surface area contributed by atoms with E-state index in [2.05, 4.69) is 34.7 Å². The number of hydrogen-bond donors (Lipinski definition) is 1. The van der Waals surface area contributed by atoms with E-state index in [0.29, 0.717) is 13.1 Å². The first-order valence-corrected chi connectivity index (χ1v) is 11.0. The second-order valence-electron chi connectivity index (χ2n) is 7.17. The topological polar surface area (TPSA) is 69.7 Å². The number of amides is 1. The average molecular weight is 402 g/mol. The van der Waals surface area contributed by atoms with Crippen LogP contribution in [0.3, 0.4) is 0 Å². The van der Waals surface area contributed by atoms with Crippen LogP contribution in [0.5, 0.6) is 0 Å². The summed E-state index contributed by atoms with van der Waals surface area (Å²) in [4.78, 5) is 16.7. The molecule has 1 heterocycles. The van der Waals surface area contributed by atoms with Crippen LogP contribution in [0.4, 0.5) is 5.69 Å². The monoisotopic (exact) mass is 401 g/mol. The Labute approximate surface area is 167 Å². The van der Waals surface area contributed by atoms with Gasteiger partial charge in [0.25, 0.3) is 0 Å². The highest BCUT2D eigenvalue weighted by Gasteiger charge is 2.22. The maximum Gasteiger partial charge on any atom is 0.240 e. The van der Waals surface area contributed by atoms with E-state index in [-0.39, 0.29) is 23.8 Å². The van der Waals surface area contributed by atoms with Crippen molar-refractivity contribution in [1.82, 2.24) is 9.62 Å². The van der Waals surface area contributed by atoms with Gasteiger partial charge in [0.2, 0.25) is 15.9 Å². The van der Waals surface area contributed by atoms with Crippen LogP contribution in [0, 0.1) is 13.8 Å². The van der Waals surface area contributed by atoms with Gasteiger partial charge in [-0.25, -0.2) is 13.1 Å². The van der Waals surface area contributed by atoms with E-state index in [4.69, 9.17) is 0 Å². The van der Waals surface area contributed by atoms with Crippen molar-refractivity contribution in [2.45, 2.75) is 25.2 Å². The Hall–Kier alpha value is -2.38.